The molecule has 1 aliphatic carbocycles. The summed E-state index contributed by atoms with van der Waals surface area (Å²) in [6, 6.07) is 0. The van der Waals surface area contributed by atoms with Crippen LogP contribution in [0.2, 0.25) is 0 Å². The molecule has 0 bridgehead atoms. The number of aromatic nitrogens is 2. The van der Waals surface area contributed by atoms with E-state index < -0.39 is 17.5 Å². The molecule has 0 radical (unpaired) electrons. The zero-order chi connectivity index (χ0) is 14.8. The van der Waals surface area contributed by atoms with E-state index in [1.807, 2.05) is 32.9 Å². The van der Waals surface area contributed by atoms with Crippen molar-refractivity contribution >= 4 is 5.97 Å². The summed E-state index contributed by atoms with van der Waals surface area (Å²) in [7, 11) is 0. The highest BCUT2D eigenvalue weighted by Crippen LogP contribution is 2.35. The highest BCUT2D eigenvalue weighted by Gasteiger charge is 2.36. The topological polar surface area (TPSA) is 85.5 Å². The van der Waals surface area contributed by atoms with E-state index >= 15 is 0 Å². The first kappa shape index (κ1) is 14.7. The Labute approximate surface area is 117 Å². The summed E-state index contributed by atoms with van der Waals surface area (Å²) in [5.74, 6) is -0.777. The lowest BCUT2D eigenvalue weighted by atomic mass is 9.83. The number of hydrogen-bond acceptors (Lipinski definition) is 5. The maximum atomic E-state index is 11.3. The van der Waals surface area contributed by atoms with Crippen molar-refractivity contribution in [2.45, 2.75) is 45.1 Å². The molecule has 1 heterocycles. The first-order chi connectivity index (χ1) is 9.45. The number of ether oxygens (including phenoxy) is 1. The van der Waals surface area contributed by atoms with E-state index in [1.54, 1.807) is 0 Å². The number of hydrogen-bond donors (Lipinski definition) is 1. The van der Waals surface area contributed by atoms with E-state index in [-0.39, 0.29) is 5.92 Å². The van der Waals surface area contributed by atoms with Crippen molar-refractivity contribution < 1.29 is 19.2 Å². The van der Waals surface area contributed by atoms with Crippen LogP contribution in [-0.2, 0) is 15.1 Å². The fraction of sp³-hybridized carbons (Fsp3) is 0.643. The number of aliphatic carboxylic acids is 1. The van der Waals surface area contributed by atoms with Crippen molar-refractivity contribution in [1.82, 2.24) is 10.1 Å². The highest BCUT2D eigenvalue weighted by atomic mass is 16.5. The number of allylic oxidation sites excluding steroid dienone is 2. The molecule has 0 unspecified atom stereocenters. The summed E-state index contributed by atoms with van der Waals surface area (Å²) < 4.78 is 10.9. The number of rotatable bonds is 5. The fourth-order valence-electron chi connectivity index (χ4n) is 2.42. The third-order valence-electron chi connectivity index (χ3n) is 3.55. The van der Waals surface area contributed by atoms with Crippen LogP contribution < -0.4 is 0 Å². The second-order valence-electron chi connectivity index (χ2n) is 5.39. The van der Waals surface area contributed by atoms with E-state index in [0.717, 1.165) is 0 Å². The predicted molar refractivity (Wildman–Crippen MR) is 71.2 cm³/mol. The monoisotopic (exact) mass is 280 g/mol. The van der Waals surface area contributed by atoms with E-state index in [4.69, 9.17) is 9.26 Å². The molecule has 110 valence electrons. The van der Waals surface area contributed by atoms with Crippen molar-refractivity contribution in [2.75, 3.05) is 6.61 Å². The molecule has 1 aromatic rings. The van der Waals surface area contributed by atoms with Gasteiger partial charge in [-0.3, -0.25) is 4.79 Å². The standard InChI is InChI=1S/C14H20N2O4/c1-4-19-14(2,3)13-15-11(20-16-13)9-7-5-6-8-10(9)12(17)18/h5-6,9-10H,4,7-8H2,1-3H3,(H,17,18)/t9-,10+/m1/s1. The molecule has 0 aromatic carbocycles. The maximum absolute atomic E-state index is 11.3. The normalized spacial score (nSPS) is 22.9. The fourth-order valence-corrected chi connectivity index (χ4v) is 2.42. The lowest BCUT2D eigenvalue weighted by molar-refractivity contribution is -0.142. The van der Waals surface area contributed by atoms with Gasteiger partial charge in [-0.2, -0.15) is 4.98 Å². The molecule has 1 aliphatic rings. The Morgan fingerprint density at radius 3 is 2.85 bits per heavy atom. The van der Waals surface area contributed by atoms with Crippen LogP contribution in [0.5, 0.6) is 0 Å². The molecule has 0 amide bonds. The lowest BCUT2D eigenvalue weighted by Gasteiger charge is -2.22. The van der Waals surface area contributed by atoms with Crippen molar-refractivity contribution in [3.8, 4) is 0 Å². The van der Waals surface area contributed by atoms with Crippen molar-refractivity contribution in [3.05, 3.63) is 23.9 Å². The first-order valence-corrected chi connectivity index (χ1v) is 6.81. The number of carboxylic acid groups (broad SMARTS) is 1. The number of carboxylic acids is 1. The van der Waals surface area contributed by atoms with Crippen LogP contribution >= 0.6 is 0 Å². The van der Waals surface area contributed by atoms with Crippen molar-refractivity contribution in [1.29, 1.82) is 0 Å². The van der Waals surface area contributed by atoms with Crippen LogP contribution in [0, 0.1) is 5.92 Å². The summed E-state index contributed by atoms with van der Waals surface area (Å²) in [6.07, 6.45) is 4.94. The molecule has 6 nitrogen and oxygen atoms in total. The third-order valence-corrected chi connectivity index (χ3v) is 3.55. The molecule has 6 heteroatoms. The van der Waals surface area contributed by atoms with Gasteiger partial charge in [0.25, 0.3) is 0 Å². The molecule has 0 saturated heterocycles. The minimum absolute atomic E-state index is 0.267. The van der Waals surface area contributed by atoms with Crippen LogP contribution in [0.1, 0.15) is 51.2 Å². The molecule has 2 rings (SSSR count). The minimum atomic E-state index is -0.830. The van der Waals surface area contributed by atoms with Crippen molar-refractivity contribution in [3.63, 3.8) is 0 Å². The van der Waals surface area contributed by atoms with Gasteiger partial charge in [-0.25, -0.2) is 0 Å². The molecule has 20 heavy (non-hydrogen) atoms. The molecule has 0 fully saturated rings. The van der Waals surface area contributed by atoms with Gasteiger partial charge < -0.3 is 14.4 Å². The SMILES string of the molecule is CCOC(C)(C)c1noc([C@@H]2CC=CC[C@@H]2C(=O)O)n1. The van der Waals surface area contributed by atoms with Gasteiger partial charge in [0.05, 0.1) is 11.8 Å². The maximum Gasteiger partial charge on any atom is 0.307 e. The minimum Gasteiger partial charge on any atom is -0.481 e. The Balaban J connectivity index is 2.23. The summed E-state index contributed by atoms with van der Waals surface area (Å²) in [4.78, 5) is 15.7. The Hall–Kier alpha value is -1.69. The van der Waals surface area contributed by atoms with Gasteiger partial charge in [-0.15, -0.1) is 0 Å². The average molecular weight is 280 g/mol. The van der Waals surface area contributed by atoms with Gasteiger partial charge in [-0.05, 0) is 33.6 Å². The zero-order valence-corrected chi connectivity index (χ0v) is 12.0. The van der Waals surface area contributed by atoms with E-state index in [9.17, 15) is 9.90 Å². The van der Waals surface area contributed by atoms with Gasteiger partial charge in [0.15, 0.2) is 0 Å². The molecule has 1 aromatic heterocycles. The highest BCUT2D eigenvalue weighted by molar-refractivity contribution is 5.71. The Morgan fingerprint density at radius 2 is 2.20 bits per heavy atom. The summed E-state index contributed by atoms with van der Waals surface area (Å²) in [5.41, 5.74) is -0.639. The Bertz CT molecular complexity index is 507. The largest absolute Gasteiger partial charge is 0.481 e. The van der Waals surface area contributed by atoms with Gasteiger partial charge in [0.2, 0.25) is 11.7 Å². The molecule has 0 aliphatic heterocycles. The summed E-state index contributed by atoms with van der Waals surface area (Å²) in [5, 5.41) is 13.2. The summed E-state index contributed by atoms with van der Waals surface area (Å²) in [6.45, 7) is 6.16. The van der Waals surface area contributed by atoms with Gasteiger partial charge in [-0.1, -0.05) is 17.3 Å². The quantitative estimate of drug-likeness (QED) is 0.834. The van der Waals surface area contributed by atoms with Gasteiger partial charge in [0, 0.05) is 6.61 Å². The molecule has 2 atom stereocenters. The van der Waals surface area contributed by atoms with Crippen molar-refractivity contribution in [2.24, 2.45) is 5.92 Å². The van der Waals surface area contributed by atoms with Crippen LogP contribution in [0.3, 0.4) is 0 Å². The molecule has 1 N–H and O–H groups in total. The van der Waals surface area contributed by atoms with E-state index in [2.05, 4.69) is 10.1 Å². The van der Waals surface area contributed by atoms with Crippen LogP contribution in [-0.4, -0.2) is 27.8 Å². The third kappa shape index (κ3) is 2.90. The van der Waals surface area contributed by atoms with E-state index in [0.29, 0.717) is 31.2 Å². The smallest absolute Gasteiger partial charge is 0.307 e. The number of carbonyl (C=O) groups is 1. The van der Waals surface area contributed by atoms with Gasteiger partial charge >= 0.3 is 5.97 Å². The predicted octanol–water partition coefficient (Wildman–Crippen LogP) is 2.48. The number of nitrogens with zero attached hydrogens (tertiary/aromatic N) is 2. The van der Waals surface area contributed by atoms with Crippen LogP contribution in [0.4, 0.5) is 0 Å². The second-order valence-corrected chi connectivity index (χ2v) is 5.39. The zero-order valence-electron chi connectivity index (χ0n) is 12.0. The first-order valence-electron chi connectivity index (χ1n) is 6.81. The molecule has 0 spiro atoms. The van der Waals surface area contributed by atoms with E-state index in [1.165, 1.54) is 0 Å². The lowest BCUT2D eigenvalue weighted by Crippen LogP contribution is -2.25. The molecule has 0 saturated carbocycles. The average Bonchev–Trinajstić information content (AvgIpc) is 2.89. The summed E-state index contributed by atoms with van der Waals surface area (Å²) >= 11 is 0. The second kappa shape index (κ2) is 5.75. The Morgan fingerprint density at radius 1 is 1.50 bits per heavy atom. The van der Waals surface area contributed by atoms with Crippen LogP contribution in [0.25, 0.3) is 0 Å². The molecular weight excluding hydrogens is 260 g/mol. The van der Waals surface area contributed by atoms with Gasteiger partial charge in [0.1, 0.15) is 5.60 Å². The Kier molecular flexibility index (Phi) is 4.23. The van der Waals surface area contributed by atoms with Crippen LogP contribution in [0.15, 0.2) is 16.7 Å². The molecular formula is C14H20N2O4.